The molecule has 1 unspecified atom stereocenters. The number of hydrogen-bond donors (Lipinski definition) is 1. The van der Waals surface area contributed by atoms with Gasteiger partial charge in [-0.1, -0.05) is 12.1 Å². The lowest BCUT2D eigenvalue weighted by Crippen LogP contribution is -2.13. The van der Waals surface area contributed by atoms with Crippen LogP contribution < -0.4 is 5.73 Å². The molecule has 1 aromatic heterocycles. The van der Waals surface area contributed by atoms with Gasteiger partial charge in [0, 0.05) is 6.42 Å². The molecule has 0 radical (unpaired) electrons. The maximum atomic E-state index is 5.40. The Kier molecular flexibility index (Phi) is 2.39. The van der Waals surface area contributed by atoms with Gasteiger partial charge in [-0.15, -0.1) is 0 Å². The van der Waals surface area contributed by atoms with Crippen LogP contribution in [0.4, 0.5) is 0 Å². The smallest absolute Gasteiger partial charge is 0.226 e. The highest BCUT2D eigenvalue weighted by Crippen LogP contribution is 2.01. The van der Waals surface area contributed by atoms with Gasteiger partial charge in [-0.2, -0.15) is 4.98 Å². The Morgan fingerprint density at radius 1 is 1.80 bits per heavy atom. The summed E-state index contributed by atoms with van der Waals surface area (Å²) in [5, 5.41) is 3.48. The number of nitrogens with zero attached hydrogens (tertiary/aromatic N) is 2. The van der Waals surface area contributed by atoms with E-state index < -0.39 is 0 Å². The van der Waals surface area contributed by atoms with Gasteiger partial charge < -0.3 is 10.3 Å². The van der Waals surface area contributed by atoms with Crippen molar-refractivity contribution in [2.45, 2.75) is 13.3 Å². The van der Waals surface area contributed by atoms with E-state index in [0.29, 0.717) is 18.4 Å². The molecule has 0 saturated heterocycles. The standard InChI is InChI=1S/C6H11N3O/c1-5(3-7)2-6-8-4-9-10-6/h4-5H,2-3,7H2,1H3. The van der Waals surface area contributed by atoms with Crippen molar-refractivity contribution in [1.82, 2.24) is 10.1 Å². The number of nitrogens with two attached hydrogens (primary N) is 1. The minimum Gasteiger partial charge on any atom is -0.340 e. The predicted octanol–water partition coefficient (Wildman–Crippen LogP) is 0.207. The minimum atomic E-state index is 0.417. The molecule has 2 N–H and O–H groups in total. The van der Waals surface area contributed by atoms with E-state index in [9.17, 15) is 0 Å². The largest absolute Gasteiger partial charge is 0.340 e. The summed E-state index contributed by atoms with van der Waals surface area (Å²) in [5.41, 5.74) is 5.40. The van der Waals surface area contributed by atoms with E-state index in [-0.39, 0.29) is 0 Å². The van der Waals surface area contributed by atoms with Crippen LogP contribution in [0, 0.1) is 5.92 Å². The van der Waals surface area contributed by atoms with Crippen molar-refractivity contribution in [3.8, 4) is 0 Å². The Labute approximate surface area is 59.4 Å². The van der Waals surface area contributed by atoms with E-state index in [1.54, 1.807) is 0 Å². The fourth-order valence-corrected chi connectivity index (χ4v) is 0.667. The van der Waals surface area contributed by atoms with Gasteiger partial charge in [-0.3, -0.25) is 0 Å². The van der Waals surface area contributed by atoms with Crippen LogP contribution in [-0.4, -0.2) is 16.7 Å². The normalized spacial score (nSPS) is 13.4. The van der Waals surface area contributed by atoms with Gasteiger partial charge >= 0.3 is 0 Å². The maximum absolute atomic E-state index is 5.40. The number of hydrogen-bond acceptors (Lipinski definition) is 4. The molecule has 0 saturated carbocycles. The molecule has 0 aromatic carbocycles. The third-order valence-corrected chi connectivity index (χ3v) is 1.33. The summed E-state index contributed by atoms with van der Waals surface area (Å²) in [7, 11) is 0. The number of aromatic nitrogens is 2. The van der Waals surface area contributed by atoms with Crippen LogP contribution in [0.3, 0.4) is 0 Å². The first-order valence-electron chi connectivity index (χ1n) is 3.28. The molecule has 1 heterocycles. The third-order valence-electron chi connectivity index (χ3n) is 1.33. The van der Waals surface area contributed by atoms with Crippen LogP contribution in [0.15, 0.2) is 10.9 Å². The Morgan fingerprint density at radius 3 is 3.10 bits per heavy atom. The highest BCUT2D eigenvalue weighted by atomic mass is 16.5. The fraction of sp³-hybridized carbons (Fsp3) is 0.667. The van der Waals surface area contributed by atoms with Crippen molar-refractivity contribution < 1.29 is 4.52 Å². The van der Waals surface area contributed by atoms with E-state index in [1.807, 2.05) is 6.92 Å². The zero-order valence-corrected chi connectivity index (χ0v) is 5.95. The fourth-order valence-electron chi connectivity index (χ4n) is 0.667. The average molecular weight is 141 g/mol. The average Bonchev–Trinajstić information content (AvgIpc) is 2.40. The molecule has 0 spiro atoms. The summed E-state index contributed by atoms with van der Waals surface area (Å²) in [6.07, 6.45) is 2.18. The Morgan fingerprint density at radius 2 is 2.60 bits per heavy atom. The zero-order valence-electron chi connectivity index (χ0n) is 5.95. The van der Waals surface area contributed by atoms with Crippen LogP contribution in [0.1, 0.15) is 12.8 Å². The summed E-state index contributed by atoms with van der Waals surface area (Å²) < 4.78 is 4.79. The van der Waals surface area contributed by atoms with Crippen LogP contribution in [0.5, 0.6) is 0 Å². The molecule has 1 aromatic rings. The first-order valence-corrected chi connectivity index (χ1v) is 3.28. The van der Waals surface area contributed by atoms with Crippen molar-refractivity contribution in [3.05, 3.63) is 12.2 Å². The Balaban J connectivity index is 2.40. The topological polar surface area (TPSA) is 64.9 Å². The molecule has 1 rings (SSSR count). The van der Waals surface area contributed by atoms with Crippen molar-refractivity contribution in [1.29, 1.82) is 0 Å². The predicted molar refractivity (Wildman–Crippen MR) is 36.2 cm³/mol. The van der Waals surface area contributed by atoms with Gasteiger partial charge in [0.1, 0.15) is 0 Å². The van der Waals surface area contributed by atoms with E-state index >= 15 is 0 Å². The molecule has 10 heavy (non-hydrogen) atoms. The third kappa shape index (κ3) is 1.80. The van der Waals surface area contributed by atoms with Crippen molar-refractivity contribution in [3.63, 3.8) is 0 Å². The van der Waals surface area contributed by atoms with E-state index in [1.165, 1.54) is 6.33 Å². The molecule has 0 fully saturated rings. The van der Waals surface area contributed by atoms with E-state index in [4.69, 9.17) is 10.3 Å². The summed E-state index contributed by atoms with van der Waals surface area (Å²) >= 11 is 0. The molecule has 0 aliphatic rings. The highest BCUT2D eigenvalue weighted by Gasteiger charge is 2.04. The number of rotatable bonds is 3. The summed E-state index contributed by atoms with van der Waals surface area (Å²) in [5.74, 6) is 1.08. The lowest BCUT2D eigenvalue weighted by atomic mass is 10.1. The van der Waals surface area contributed by atoms with Gasteiger partial charge in [0.05, 0.1) is 0 Å². The van der Waals surface area contributed by atoms with Crippen molar-refractivity contribution in [2.24, 2.45) is 11.7 Å². The van der Waals surface area contributed by atoms with E-state index in [0.717, 1.165) is 6.42 Å². The molecule has 4 nitrogen and oxygen atoms in total. The lowest BCUT2D eigenvalue weighted by molar-refractivity contribution is 0.358. The monoisotopic (exact) mass is 141 g/mol. The maximum Gasteiger partial charge on any atom is 0.226 e. The molecular formula is C6H11N3O. The van der Waals surface area contributed by atoms with Crippen LogP contribution in [-0.2, 0) is 6.42 Å². The minimum absolute atomic E-state index is 0.417. The summed E-state index contributed by atoms with van der Waals surface area (Å²) in [6, 6.07) is 0. The second kappa shape index (κ2) is 3.31. The van der Waals surface area contributed by atoms with Gasteiger partial charge in [-0.05, 0) is 12.5 Å². The first-order chi connectivity index (χ1) is 4.83. The quantitative estimate of drug-likeness (QED) is 0.653. The molecule has 4 heteroatoms. The van der Waals surface area contributed by atoms with Gasteiger partial charge in [0.25, 0.3) is 0 Å². The second-order valence-electron chi connectivity index (χ2n) is 2.38. The van der Waals surface area contributed by atoms with Gasteiger partial charge in [0.2, 0.25) is 5.89 Å². The Bertz CT molecular complexity index is 173. The molecule has 0 bridgehead atoms. The van der Waals surface area contributed by atoms with Gasteiger partial charge in [-0.25, -0.2) is 0 Å². The zero-order chi connectivity index (χ0) is 7.40. The Hall–Kier alpha value is -0.900. The van der Waals surface area contributed by atoms with Crippen LogP contribution >= 0.6 is 0 Å². The van der Waals surface area contributed by atoms with Crippen molar-refractivity contribution in [2.75, 3.05) is 6.54 Å². The summed E-state index contributed by atoms with van der Waals surface area (Å²) in [4.78, 5) is 3.87. The van der Waals surface area contributed by atoms with Crippen LogP contribution in [0.2, 0.25) is 0 Å². The van der Waals surface area contributed by atoms with E-state index in [2.05, 4.69) is 10.1 Å². The molecule has 0 aliphatic heterocycles. The summed E-state index contributed by atoms with van der Waals surface area (Å²) in [6.45, 7) is 2.70. The molecule has 1 atom stereocenters. The SMILES string of the molecule is CC(CN)Cc1ncno1. The molecule has 0 aliphatic carbocycles. The molecule has 56 valence electrons. The second-order valence-corrected chi connectivity index (χ2v) is 2.38. The van der Waals surface area contributed by atoms with Crippen LogP contribution in [0.25, 0.3) is 0 Å². The first kappa shape index (κ1) is 7.21. The highest BCUT2D eigenvalue weighted by molar-refractivity contribution is 4.76. The molecular weight excluding hydrogens is 130 g/mol. The molecule has 0 amide bonds. The lowest BCUT2D eigenvalue weighted by Gasteiger charge is -2.01. The van der Waals surface area contributed by atoms with Crippen molar-refractivity contribution >= 4 is 0 Å². The van der Waals surface area contributed by atoms with Gasteiger partial charge in [0.15, 0.2) is 6.33 Å².